The highest BCUT2D eigenvalue weighted by atomic mass is 127. The molecule has 0 saturated heterocycles. The van der Waals surface area contributed by atoms with Gasteiger partial charge in [-0.1, -0.05) is 11.6 Å². The van der Waals surface area contributed by atoms with E-state index in [0.29, 0.717) is 29.6 Å². The van der Waals surface area contributed by atoms with E-state index in [1.165, 1.54) is 0 Å². The molecule has 1 aromatic rings. The van der Waals surface area contributed by atoms with Crippen LogP contribution in [0.5, 0.6) is 11.5 Å². The third-order valence-electron chi connectivity index (χ3n) is 3.49. The van der Waals surface area contributed by atoms with Crippen molar-refractivity contribution >= 4 is 41.5 Å². The van der Waals surface area contributed by atoms with E-state index < -0.39 is 0 Å². The van der Waals surface area contributed by atoms with Gasteiger partial charge in [-0.05, 0) is 38.5 Å². The van der Waals surface area contributed by atoms with E-state index in [-0.39, 0.29) is 36.4 Å². The van der Waals surface area contributed by atoms with Crippen molar-refractivity contribution in [1.29, 1.82) is 0 Å². The van der Waals surface area contributed by atoms with Gasteiger partial charge in [0.1, 0.15) is 0 Å². The molecule has 0 aromatic heterocycles. The number of aliphatic imine (C=N–C) groups is 1. The van der Waals surface area contributed by atoms with Gasteiger partial charge < -0.3 is 24.8 Å². The number of guanidine groups is 1. The lowest BCUT2D eigenvalue weighted by molar-refractivity contribution is 0.0268. The maximum atomic E-state index is 6.19. The van der Waals surface area contributed by atoms with Crippen molar-refractivity contribution in [2.24, 2.45) is 4.99 Å². The summed E-state index contributed by atoms with van der Waals surface area (Å²) in [6, 6.07) is 3.75. The molecule has 0 unspecified atom stereocenters. The van der Waals surface area contributed by atoms with Crippen LogP contribution in [0.15, 0.2) is 17.1 Å². The predicted octanol–water partition coefficient (Wildman–Crippen LogP) is 3.17. The highest BCUT2D eigenvalue weighted by molar-refractivity contribution is 14.0. The van der Waals surface area contributed by atoms with E-state index in [1.807, 2.05) is 32.9 Å². The van der Waals surface area contributed by atoms with E-state index in [9.17, 15) is 0 Å². The SMILES string of the molecule is CCNC(=NCc1cc(Cl)c2c(c1)OCO2)NCC(C)(C)OC.I. The molecule has 0 fully saturated rings. The summed E-state index contributed by atoms with van der Waals surface area (Å²) >= 11 is 6.19. The molecule has 136 valence electrons. The Bertz CT molecular complexity index is 582. The van der Waals surface area contributed by atoms with Crippen LogP contribution in [0.4, 0.5) is 0 Å². The standard InChI is InChI=1S/C16H24ClN3O3.HI/c1-5-18-15(20-9-16(2,3)21-4)19-8-11-6-12(17)14-13(7-11)22-10-23-14;/h6-7H,5,8-10H2,1-4H3,(H2,18,19,20);1H. The normalized spacial score (nSPS) is 13.5. The maximum Gasteiger partial charge on any atom is 0.231 e. The number of methoxy groups -OCH3 is 1. The van der Waals surface area contributed by atoms with E-state index in [4.69, 9.17) is 25.8 Å². The summed E-state index contributed by atoms with van der Waals surface area (Å²) in [5.74, 6) is 2.00. The smallest absolute Gasteiger partial charge is 0.231 e. The van der Waals surface area contributed by atoms with Gasteiger partial charge in [-0.2, -0.15) is 0 Å². The van der Waals surface area contributed by atoms with Crippen LogP contribution in [0, 0.1) is 0 Å². The van der Waals surface area contributed by atoms with Crippen LogP contribution in [0.2, 0.25) is 5.02 Å². The van der Waals surface area contributed by atoms with Crippen molar-refractivity contribution in [1.82, 2.24) is 10.6 Å². The predicted molar refractivity (Wildman–Crippen MR) is 107 cm³/mol. The van der Waals surface area contributed by atoms with Gasteiger partial charge in [0.2, 0.25) is 6.79 Å². The second kappa shape index (κ2) is 9.53. The lowest BCUT2D eigenvalue weighted by Gasteiger charge is -2.24. The second-order valence-electron chi connectivity index (χ2n) is 5.82. The summed E-state index contributed by atoms with van der Waals surface area (Å²) < 4.78 is 16.1. The van der Waals surface area contributed by atoms with Gasteiger partial charge in [0.15, 0.2) is 17.5 Å². The molecule has 24 heavy (non-hydrogen) atoms. The first-order valence-corrected chi connectivity index (χ1v) is 7.98. The molecule has 1 aliphatic heterocycles. The van der Waals surface area contributed by atoms with Crippen molar-refractivity contribution in [3.63, 3.8) is 0 Å². The summed E-state index contributed by atoms with van der Waals surface area (Å²) in [5.41, 5.74) is 0.695. The Morgan fingerprint density at radius 3 is 2.75 bits per heavy atom. The average molecular weight is 470 g/mol. The Labute approximate surface area is 165 Å². The summed E-state index contributed by atoms with van der Waals surface area (Å²) in [7, 11) is 1.69. The third kappa shape index (κ3) is 5.86. The molecule has 0 bridgehead atoms. The first kappa shape index (κ1) is 21.1. The molecule has 2 N–H and O–H groups in total. The van der Waals surface area contributed by atoms with Gasteiger partial charge in [-0.3, -0.25) is 0 Å². The zero-order valence-electron chi connectivity index (χ0n) is 14.4. The van der Waals surface area contributed by atoms with E-state index >= 15 is 0 Å². The molecular weight excluding hydrogens is 445 g/mol. The highest BCUT2D eigenvalue weighted by Crippen LogP contribution is 2.39. The van der Waals surface area contributed by atoms with Crippen LogP contribution in [0.25, 0.3) is 0 Å². The number of rotatable bonds is 6. The minimum Gasteiger partial charge on any atom is -0.454 e. The molecular formula is C16H25ClIN3O3. The lowest BCUT2D eigenvalue weighted by Crippen LogP contribution is -2.45. The Balaban J connectivity index is 0.00000288. The van der Waals surface area contributed by atoms with Crippen LogP contribution >= 0.6 is 35.6 Å². The molecule has 1 aliphatic rings. The fourth-order valence-electron chi connectivity index (χ4n) is 1.99. The van der Waals surface area contributed by atoms with Crippen molar-refractivity contribution in [3.8, 4) is 11.5 Å². The molecule has 2 rings (SSSR count). The first-order chi connectivity index (χ1) is 10.9. The van der Waals surface area contributed by atoms with Gasteiger partial charge >= 0.3 is 0 Å². The number of halogens is 2. The van der Waals surface area contributed by atoms with Crippen LogP contribution in [-0.4, -0.2) is 38.6 Å². The zero-order valence-corrected chi connectivity index (χ0v) is 17.5. The molecule has 6 nitrogen and oxygen atoms in total. The van der Waals surface area contributed by atoms with E-state index in [2.05, 4.69) is 15.6 Å². The van der Waals surface area contributed by atoms with Crippen LogP contribution in [0.1, 0.15) is 26.3 Å². The summed E-state index contributed by atoms with van der Waals surface area (Å²) in [4.78, 5) is 4.57. The van der Waals surface area contributed by atoms with Gasteiger partial charge in [-0.15, -0.1) is 24.0 Å². The molecule has 0 saturated carbocycles. The molecule has 1 aromatic carbocycles. The number of fused-ring (bicyclic) bond motifs is 1. The Kier molecular flexibility index (Phi) is 8.38. The second-order valence-corrected chi connectivity index (χ2v) is 6.23. The van der Waals surface area contributed by atoms with Crippen LogP contribution in [-0.2, 0) is 11.3 Å². The summed E-state index contributed by atoms with van der Waals surface area (Å²) in [5, 5.41) is 7.03. The minimum absolute atomic E-state index is 0. The molecule has 0 aliphatic carbocycles. The molecule has 0 radical (unpaired) electrons. The molecule has 8 heteroatoms. The largest absolute Gasteiger partial charge is 0.454 e. The molecule has 1 heterocycles. The zero-order chi connectivity index (χ0) is 16.9. The van der Waals surface area contributed by atoms with Crippen molar-refractivity contribution in [2.45, 2.75) is 32.9 Å². The molecule has 0 atom stereocenters. The first-order valence-electron chi connectivity index (χ1n) is 7.60. The van der Waals surface area contributed by atoms with Gasteiger partial charge in [-0.25, -0.2) is 4.99 Å². The van der Waals surface area contributed by atoms with Crippen molar-refractivity contribution < 1.29 is 14.2 Å². The molecule has 0 spiro atoms. The van der Waals surface area contributed by atoms with Gasteiger partial charge in [0.05, 0.1) is 17.2 Å². The van der Waals surface area contributed by atoms with E-state index in [1.54, 1.807) is 7.11 Å². The van der Waals surface area contributed by atoms with Crippen molar-refractivity contribution in [3.05, 3.63) is 22.7 Å². The van der Waals surface area contributed by atoms with Crippen molar-refractivity contribution in [2.75, 3.05) is 27.0 Å². The quantitative estimate of drug-likeness (QED) is 0.381. The Morgan fingerprint density at radius 2 is 2.08 bits per heavy atom. The lowest BCUT2D eigenvalue weighted by atomic mass is 10.1. The number of nitrogens with zero attached hydrogens (tertiary/aromatic N) is 1. The highest BCUT2D eigenvalue weighted by Gasteiger charge is 2.19. The number of ether oxygens (including phenoxy) is 3. The maximum absolute atomic E-state index is 6.19. The minimum atomic E-state index is -0.266. The van der Waals surface area contributed by atoms with Gasteiger partial charge in [0, 0.05) is 20.2 Å². The number of hydrogen-bond donors (Lipinski definition) is 2. The Morgan fingerprint density at radius 1 is 1.33 bits per heavy atom. The van der Waals surface area contributed by atoms with Gasteiger partial charge in [0.25, 0.3) is 0 Å². The van der Waals surface area contributed by atoms with E-state index in [0.717, 1.165) is 18.1 Å². The molecule has 0 amide bonds. The fraction of sp³-hybridized carbons (Fsp3) is 0.562. The summed E-state index contributed by atoms with van der Waals surface area (Å²) in [6.45, 7) is 8.17. The summed E-state index contributed by atoms with van der Waals surface area (Å²) in [6.07, 6.45) is 0. The average Bonchev–Trinajstić information content (AvgIpc) is 2.99. The number of nitrogens with one attached hydrogen (secondary N) is 2. The van der Waals surface area contributed by atoms with Crippen LogP contribution < -0.4 is 20.1 Å². The fourth-order valence-corrected chi connectivity index (χ4v) is 2.28. The third-order valence-corrected chi connectivity index (χ3v) is 3.77. The number of hydrogen-bond acceptors (Lipinski definition) is 4. The number of benzene rings is 1. The van der Waals surface area contributed by atoms with Crippen LogP contribution in [0.3, 0.4) is 0 Å². The monoisotopic (exact) mass is 469 g/mol. The Hall–Kier alpha value is -0.930. The topological polar surface area (TPSA) is 64.1 Å².